The van der Waals surface area contributed by atoms with Gasteiger partial charge in [0.25, 0.3) is 5.91 Å². The van der Waals surface area contributed by atoms with Gasteiger partial charge in [0.1, 0.15) is 5.82 Å². The molecule has 0 aliphatic carbocycles. The van der Waals surface area contributed by atoms with Crippen LogP contribution in [0.5, 0.6) is 0 Å². The standard InChI is InChI=1S/C20H17FN4O/c1-13-11-14-5-2-3-8-17(14)25(13)19-10-9-18(23-24-19)22-20(26)15-6-4-7-16(21)12-15/h2-10,12-13H,11H2,1H3,(H,22,23,26). The summed E-state index contributed by atoms with van der Waals surface area (Å²) in [4.78, 5) is 14.3. The average molecular weight is 348 g/mol. The number of aromatic nitrogens is 2. The maximum absolute atomic E-state index is 13.2. The summed E-state index contributed by atoms with van der Waals surface area (Å²) in [5, 5.41) is 11.0. The molecule has 2 aromatic carbocycles. The fourth-order valence-electron chi connectivity index (χ4n) is 3.25. The molecule has 1 N–H and O–H groups in total. The van der Waals surface area contributed by atoms with Crippen LogP contribution in [0.25, 0.3) is 0 Å². The summed E-state index contributed by atoms with van der Waals surface area (Å²) in [7, 11) is 0. The smallest absolute Gasteiger partial charge is 0.256 e. The molecule has 1 amide bonds. The molecule has 130 valence electrons. The van der Waals surface area contributed by atoms with Crippen molar-refractivity contribution in [2.45, 2.75) is 19.4 Å². The molecule has 0 saturated carbocycles. The first-order chi connectivity index (χ1) is 12.6. The minimum atomic E-state index is -0.458. The molecule has 2 heterocycles. The number of hydrogen-bond acceptors (Lipinski definition) is 4. The molecular weight excluding hydrogens is 331 g/mol. The Hall–Kier alpha value is -3.28. The molecule has 5 nitrogen and oxygen atoms in total. The summed E-state index contributed by atoms with van der Waals surface area (Å²) in [5.74, 6) is 0.168. The molecule has 0 radical (unpaired) electrons. The number of nitrogens with zero attached hydrogens (tertiary/aromatic N) is 3. The molecule has 0 bridgehead atoms. The topological polar surface area (TPSA) is 58.1 Å². The number of nitrogens with one attached hydrogen (secondary N) is 1. The minimum absolute atomic E-state index is 0.234. The Morgan fingerprint density at radius 3 is 2.73 bits per heavy atom. The number of carbonyl (C=O) groups is 1. The van der Waals surface area contributed by atoms with Gasteiger partial charge in [-0.15, -0.1) is 10.2 Å². The third-order valence-corrected chi connectivity index (χ3v) is 4.43. The van der Waals surface area contributed by atoms with Gasteiger partial charge in [-0.2, -0.15) is 0 Å². The summed E-state index contributed by atoms with van der Waals surface area (Å²) in [5.41, 5.74) is 2.65. The van der Waals surface area contributed by atoms with Gasteiger partial charge in [-0.05, 0) is 55.3 Å². The fourth-order valence-corrected chi connectivity index (χ4v) is 3.25. The number of halogens is 1. The van der Waals surface area contributed by atoms with E-state index in [1.54, 1.807) is 12.1 Å². The van der Waals surface area contributed by atoms with Crippen molar-refractivity contribution in [3.8, 4) is 0 Å². The number of para-hydroxylation sites is 1. The molecule has 1 aliphatic heterocycles. The van der Waals surface area contributed by atoms with Crippen molar-refractivity contribution in [2.75, 3.05) is 10.2 Å². The SMILES string of the molecule is CC1Cc2ccccc2N1c1ccc(NC(=O)c2cccc(F)c2)nn1. The van der Waals surface area contributed by atoms with E-state index in [1.165, 1.54) is 23.8 Å². The highest BCUT2D eigenvalue weighted by Gasteiger charge is 2.27. The number of fused-ring (bicyclic) bond motifs is 1. The molecule has 1 atom stereocenters. The Bertz CT molecular complexity index is 958. The lowest BCUT2D eigenvalue weighted by Gasteiger charge is -2.23. The quantitative estimate of drug-likeness (QED) is 0.779. The monoisotopic (exact) mass is 348 g/mol. The van der Waals surface area contributed by atoms with Gasteiger partial charge in [-0.1, -0.05) is 24.3 Å². The van der Waals surface area contributed by atoms with Gasteiger partial charge in [0, 0.05) is 17.3 Å². The van der Waals surface area contributed by atoms with Crippen molar-refractivity contribution in [3.05, 3.63) is 77.6 Å². The van der Waals surface area contributed by atoms with Crippen LogP contribution < -0.4 is 10.2 Å². The van der Waals surface area contributed by atoms with Crippen molar-refractivity contribution in [1.82, 2.24) is 10.2 Å². The first-order valence-electron chi connectivity index (χ1n) is 8.39. The molecule has 1 aliphatic rings. The van der Waals surface area contributed by atoms with E-state index < -0.39 is 11.7 Å². The Morgan fingerprint density at radius 1 is 1.12 bits per heavy atom. The summed E-state index contributed by atoms with van der Waals surface area (Å²) < 4.78 is 13.2. The van der Waals surface area contributed by atoms with E-state index in [4.69, 9.17) is 0 Å². The second-order valence-corrected chi connectivity index (χ2v) is 6.29. The predicted octanol–water partition coefficient (Wildman–Crippen LogP) is 3.95. The second-order valence-electron chi connectivity index (χ2n) is 6.29. The van der Waals surface area contributed by atoms with E-state index in [1.807, 2.05) is 18.2 Å². The maximum Gasteiger partial charge on any atom is 0.256 e. The predicted molar refractivity (Wildman–Crippen MR) is 98.1 cm³/mol. The van der Waals surface area contributed by atoms with Crippen molar-refractivity contribution >= 4 is 23.2 Å². The molecule has 0 spiro atoms. The molecule has 0 fully saturated rings. The lowest BCUT2D eigenvalue weighted by molar-refractivity contribution is 0.102. The van der Waals surface area contributed by atoms with Crippen LogP contribution >= 0.6 is 0 Å². The highest BCUT2D eigenvalue weighted by atomic mass is 19.1. The summed E-state index contributed by atoms with van der Waals surface area (Å²) in [6.07, 6.45) is 0.954. The molecule has 1 unspecified atom stereocenters. The summed E-state index contributed by atoms with van der Waals surface area (Å²) in [6, 6.07) is 17.5. The molecule has 4 rings (SSSR count). The zero-order chi connectivity index (χ0) is 18.1. The lowest BCUT2D eigenvalue weighted by Crippen LogP contribution is -2.25. The van der Waals surface area contributed by atoms with Gasteiger partial charge in [-0.25, -0.2) is 4.39 Å². The summed E-state index contributed by atoms with van der Waals surface area (Å²) in [6.45, 7) is 2.14. The number of carbonyl (C=O) groups excluding carboxylic acids is 1. The van der Waals surface area contributed by atoms with E-state index in [0.717, 1.165) is 17.9 Å². The number of amides is 1. The number of hydrogen-bond donors (Lipinski definition) is 1. The van der Waals surface area contributed by atoms with Crippen molar-refractivity contribution in [3.63, 3.8) is 0 Å². The largest absolute Gasteiger partial charge is 0.321 e. The number of anilines is 3. The highest BCUT2D eigenvalue weighted by Crippen LogP contribution is 2.36. The molecule has 3 aromatic rings. The van der Waals surface area contributed by atoms with Crippen molar-refractivity contribution < 1.29 is 9.18 Å². The third kappa shape index (κ3) is 3.01. The molecular formula is C20H17FN4O. The molecule has 1 aromatic heterocycles. The van der Waals surface area contributed by atoms with Crippen LogP contribution in [0.4, 0.5) is 21.7 Å². The normalized spacial score (nSPS) is 15.6. The average Bonchev–Trinajstić information content (AvgIpc) is 2.98. The summed E-state index contributed by atoms with van der Waals surface area (Å²) >= 11 is 0. The van der Waals surface area contributed by atoms with Gasteiger partial charge in [-0.3, -0.25) is 4.79 Å². The number of rotatable bonds is 3. The van der Waals surface area contributed by atoms with Gasteiger partial charge in [0.2, 0.25) is 0 Å². The number of benzene rings is 2. The third-order valence-electron chi connectivity index (χ3n) is 4.43. The lowest BCUT2D eigenvalue weighted by atomic mass is 10.1. The fraction of sp³-hybridized carbons (Fsp3) is 0.150. The maximum atomic E-state index is 13.2. The highest BCUT2D eigenvalue weighted by molar-refractivity contribution is 6.03. The van der Waals surface area contributed by atoms with Gasteiger partial charge in [0.05, 0.1) is 0 Å². The van der Waals surface area contributed by atoms with Gasteiger partial charge >= 0.3 is 0 Å². The van der Waals surface area contributed by atoms with E-state index in [0.29, 0.717) is 5.82 Å². The Labute approximate surface area is 150 Å². The van der Waals surface area contributed by atoms with Crippen LogP contribution in [0.2, 0.25) is 0 Å². The zero-order valence-corrected chi connectivity index (χ0v) is 14.2. The van der Waals surface area contributed by atoms with Crippen LogP contribution in [0.3, 0.4) is 0 Å². The molecule has 26 heavy (non-hydrogen) atoms. The van der Waals surface area contributed by atoms with Crippen LogP contribution in [-0.4, -0.2) is 22.1 Å². The zero-order valence-electron chi connectivity index (χ0n) is 14.2. The van der Waals surface area contributed by atoms with E-state index in [2.05, 4.69) is 39.5 Å². The van der Waals surface area contributed by atoms with Crippen LogP contribution in [-0.2, 0) is 6.42 Å². The first kappa shape index (κ1) is 16.2. The molecule has 0 saturated heterocycles. The van der Waals surface area contributed by atoms with Crippen molar-refractivity contribution in [1.29, 1.82) is 0 Å². The van der Waals surface area contributed by atoms with Crippen LogP contribution in [0, 0.1) is 5.82 Å². The van der Waals surface area contributed by atoms with Gasteiger partial charge in [0.15, 0.2) is 11.6 Å². The Kier molecular flexibility index (Phi) is 4.08. The van der Waals surface area contributed by atoms with E-state index in [-0.39, 0.29) is 11.6 Å². The second kappa shape index (κ2) is 6.55. The Morgan fingerprint density at radius 2 is 1.96 bits per heavy atom. The van der Waals surface area contributed by atoms with E-state index >= 15 is 0 Å². The van der Waals surface area contributed by atoms with Gasteiger partial charge < -0.3 is 10.2 Å². The van der Waals surface area contributed by atoms with E-state index in [9.17, 15) is 9.18 Å². The first-order valence-corrected chi connectivity index (χ1v) is 8.39. The van der Waals surface area contributed by atoms with Crippen LogP contribution in [0.15, 0.2) is 60.7 Å². The Balaban J connectivity index is 1.53. The van der Waals surface area contributed by atoms with Crippen molar-refractivity contribution in [2.24, 2.45) is 0 Å². The van der Waals surface area contributed by atoms with Crippen LogP contribution in [0.1, 0.15) is 22.8 Å². The minimum Gasteiger partial charge on any atom is -0.321 e. The molecule has 6 heteroatoms.